The van der Waals surface area contributed by atoms with E-state index in [0.29, 0.717) is 17.4 Å². The maximum atomic E-state index is 11.6. The van der Waals surface area contributed by atoms with Gasteiger partial charge in [-0.15, -0.1) is 0 Å². The Hall–Kier alpha value is -1.51. The molecule has 1 aromatic rings. The topological polar surface area (TPSA) is 35.5 Å². The third-order valence-electron chi connectivity index (χ3n) is 2.69. The lowest BCUT2D eigenvalue weighted by atomic mass is 10.3. The van der Waals surface area contributed by atoms with Gasteiger partial charge in [0.05, 0.1) is 13.0 Å². The molecule has 1 saturated carbocycles. The van der Waals surface area contributed by atoms with Gasteiger partial charge in [0.2, 0.25) is 0 Å². The molecule has 3 nitrogen and oxygen atoms in total. The summed E-state index contributed by atoms with van der Waals surface area (Å²) in [7, 11) is 1.56. The highest BCUT2D eigenvalue weighted by atomic mass is 16.6. The highest BCUT2D eigenvalue weighted by Crippen LogP contribution is 2.39. The summed E-state index contributed by atoms with van der Waals surface area (Å²) in [6.45, 7) is 2.05. The fraction of sp³-hybridized carbons (Fsp3) is 0.417. The number of hydrogen-bond donors (Lipinski definition) is 0. The lowest BCUT2D eigenvalue weighted by molar-refractivity contribution is -0.136. The molecule has 0 radical (unpaired) electrons. The third kappa shape index (κ3) is 2.12. The highest BCUT2D eigenvalue weighted by molar-refractivity contribution is 5.78. The molecule has 0 amide bonds. The third-order valence-corrected chi connectivity index (χ3v) is 2.69. The van der Waals surface area contributed by atoms with Gasteiger partial charge in [0.25, 0.3) is 0 Å². The number of ether oxygens (including phenoxy) is 2. The van der Waals surface area contributed by atoms with Crippen LogP contribution < -0.4 is 9.47 Å². The number of para-hydroxylation sites is 2. The first-order valence-electron chi connectivity index (χ1n) is 5.07. The van der Waals surface area contributed by atoms with Crippen LogP contribution in [0.1, 0.15) is 13.3 Å². The Bertz CT molecular complexity index is 373. The molecule has 0 bridgehead atoms. The Morgan fingerprint density at radius 3 is 2.47 bits per heavy atom. The Morgan fingerprint density at radius 2 is 1.93 bits per heavy atom. The van der Waals surface area contributed by atoms with E-state index >= 15 is 0 Å². The van der Waals surface area contributed by atoms with E-state index in [-0.39, 0.29) is 11.9 Å². The lowest BCUT2D eigenvalue weighted by Crippen LogP contribution is -2.11. The van der Waals surface area contributed by atoms with Crippen molar-refractivity contribution in [2.24, 2.45) is 11.8 Å². The number of hydrogen-bond acceptors (Lipinski definition) is 3. The largest absolute Gasteiger partial charge is 0.493 e. The standard InChI is InChI=1S/C12H14O3/c1-8-7-9(8)12(13)15-11-6-4-3-5-10(11)14-2/h3-6,8-9H,7H2,1-2H3. The molecule has 0 aromatic heterocycles. The molecule has 0 saturated heterocycles. The molecule has 0 spiro atoms. The molecule has 1 fully saturated rings. The van der Waals surface area contributed by atoms with Gasteiger partial charge in [-0.2, -0.15) is 0 Å². The summed E-state index contributed by atoms with van der Waals surface area (Å²) in [5.74, 6) is 1.50. The summed E-state index contributed by atoms with van der Waals surface area (Å²) in [6.07, 6.45) is 0.938. The predicted octanol–water partition coefficient (Wildman–Crippen LogP) is 2.26. The summed E-state index contributed by atoms with van der Waals surface area (Å²) >= 11 is 0. The quantitative estimate of drug-likeness (QED) is 0.562. The second kappa shape index (κ2) is 3.93. The number of esters is 1. The van der Waals surface area contributed by atoms with E-state index in [0.717, 1.165) is 6.42 Å². The molecule has 0 N–H and O–H groups in total. The molecule has 80 valence electrons. The van der Waals surface area contributed by atoms with E-state index in [2.05, 4.69) is 0 Å². The van der Waals surface area contributed by atoms with Crippen LogP contribution in [0.15, 0.2) is 24.3 Å². The number of benzene rings is 1. The zero-order valence-corrected chi connectivity index (χ0v) is 8.90. The van der Waals surface area contributed by atoms with Gasteiger partial charge in [0.15, 0.2) is 11.5 Å². The Morgan fingerprint density at radius 1 is 1.33 bits per heavy atom. The molecule has 1 aromatic carbocycles. The fourth-order valence-electron chi connectivity index (χ4n) is 1.54. The van der Waals surface area contributed by atoms with Gasteiger partial charge in [-0.3, -0.25) is 4.79 Å². The van der Waals surface area contributed by atoms with Crippen LogP contribution in [-0.2, 0) is 4.79 Å². The smallest absolute Gasteiger partial charge is 0.314 e. The van der Waals surface area contributed by atoms with Gasteiger partial charge in [0, 0.05) is 0 Å². The van der Waals surface area contributed by atoms with Crippen LogP contribution in [0.5, 0.6) is 11.5 Å². The molecule has 3 heteroatoms. The molecule has 2 atom stereocenters. The van der Waals surface area contributed by atoms with E-state index in [4.69, 9.17) is 9.47 Å². The van der Waals surface area contributed by atoms with E-state index < -0.39 is 0 Å². The molecular weight excluding hydrogens is 192 g/mol. The van der Waals surface area contributed by atoms with Crippen LogP contribution in [0.3, 0.4) is 0 Å². The summed E-state index contributed by atoms with van der Waals surface area (Å²) in [5.41, 5.74) is 0. The van der Waals surface area contributed by atoms with Crippen molar-refractivity contribution in [3.05, 3.63) is 24.3 Å². The van der Waals surface area contributed by atoms with Crippen LogP contribution in [0.4, 0.5) is 0 Å². The summed E-state index contributed by atoms with van der Waals surface area (Å²) < 4.78 is 10.4. The normalized spacial score (nSPS) is 23.3. The summed E-state index contributed by atoms with van der Waals surface area (Å²) in [6, 6.07) is 7.18. The molecule has 1 aliphatic carbocycles. The second-order valence-corrected chi connectivity index (χ2v) is 3.89. The van der Waals surface area contributed by atoms with Crippen molar-refractivity contribution in [1.82, 2.24) is 0 Å². The van der Waals surface area contributed by atoms with Crippen LogP contribution in [0.25, 0.3) is 0 Å². The number of rotatable bonds is 3. The van der Waals surface area contributed by atoms with Crippen molar-refractivity contribution in [2.75, 3.05) is 7.11 Å². The second-order valence-electron chi connectivity index (χ2n) is 3.89. The maximum Gasteiger partial charge on any atom is 0.314 e. The number of carbonyl (C=O) groups is 1. The van der Waals surface area contributed by atoms with E-state index in [1.54, 1.807) is 19.2 Å². The average Bonchev–Trinajstić information content (AvgIpc) is 2.96. The van der Waals surface area contributed by atoms with Gasteiger partial charge in [-0.1, -0.05) is 19.1 Å². The lowest BCUT2D eigenvalue weighted by Gasteiger charge is -2.07. The van der Waals surface area contributed by atoms with Crippen molar-refractivity contribution < 1.29 is 14.3 Å². The summed E-state index contributed by atoms with van der Waals surface area (Å²) in [4.78, 5) is 11.6. The predicted molar refractivity (Wildman–Crippen MR) is 55.9 cm³/mol. The Balaban J connectivity index is 2.06. The van der Waals surface area contributed by atoms with Gasteiger partial charge in [-0.05, 0) is 24.5 Å². The Labute approximate surface area is 89.0 Å². The van der Waals surface area contributed by atoms with Gasteiger partial charge in [-0.25, -0.2) is 0 Å². The van der Waals surface area contributed by atoms with Gasteiger partial charge >= 0.3 is 5.97 Å². The first-order chi connectivity index (χ1) is 7.22. The van der Waals surface area contributed by atoms with Crippen LogP contribution >= 0.6 is 0 Å². The van der Waals surface area contributed by atoms with Crippen molar-refractivity contribution in [2.45, 2.75) is 13.3 Å². The fourth-order valence-corrected chi connectivity index (χ4v) is 1.54. The zero-order chi connectivity index (χ0) is 10.8. The molecule has 0 heterocycles. The highest BCUT2D eigenvalue weighted by Gasteiger charge is 2.41. The van der Waals surface area contributed by atoms with E-state index in [9.17, 15) is 4.79 Å². The SMILES string of the molecule is COc1ccccc1OC(=O)C1CC1C. The minimum Gasteiger partial charge on any atom is -0.493 e. The van der Waals surface area contributed by atoms with Crippen molar-refractivity contribution in [3.63, 3.8) is 0 Å². The minimum atomic E-state index is -0.146. The molecule has 2 unspecified atom stereocenters. The first kappa shape index (κ1) is 10.0. The molecule has 0 aliphatic heterocycles. The average molecular weight is 206 g/mol. The van der Waals surface area contributed by atoms with Crippen molar-refractivity contribution in [3.8, 4) is 11.5 Å². The molecule has 1 aliphatic rings. The molecule has 2 rings (SSSR count). The van der Waals surface area contributed by atoms with Gasteiger partial charge < -0.3 is 9.47 Å². The van der Waals surface area contributed by atoms with Crippen LogP contribution in [-0.4, -0.2) is 13.1 Å². The van der Waals surface area contributed by atoms with Crippen molar-refractivity contribution in [1.29, 1.82) is 0 Å². The Kier molecular flexibility index (Phi) is 2.62. The number of methoxy groups -OCH3 is 1. The zero-order valence-electron chi connectivity index (χ0n) is 8.90. The summed E-state index contributed by atoms with van der Waals surface area (Å²) in [5, 5.41) is 0. The van der Waals surface area contributed by atoms with E-state index in [1.807, 2.05) is 19.1 Å². The molecular formula is C12H14O3. The first-order valence-corrected chi connectivity index (χ1v) is 5.07. The van der Waals surface area contributed by atoms with Crippen LogP contribution in [0.2, 0.25) is 0 Å². The maximum absolute atomic E-state index is 11.6. The monoisotopic (exact) mass is 206 g/mol. The van der Waals surface area contributed by atoms with Crippen LogP contribution in [0, 0.1) is 11.8 Å². The van der Waals surface area contributed by atoms with Crippen molar-refractivity contribution >= 4 is 5.97 Å². The number of carbonyl (C=O) groups excluding carboxylic acids is 1. The molecule has 15 heavy (non-hydrogen) atoms. The van der Waals surface area contributed by atoms with Gasteiger partial charge in [0.1, 0.15) is 0 Å². The minimum absolute atomic E-state index is 0.0786. The van der Waals surface area contributed by atoms with E-state index in [1.165, 1.54) is 0 Å².